The lowest BCUT2D eigenvalue weighted by Gasteiger charge is -2.30. The van der Waals surface area contributed by atoms with E-state index in [0.717, 1.165) is 12.8 Å². The predicted octanol–water partition coefficient (Wildman–Crippen LogP) is -0.637. The van der Waals surface area contributed by atoms with Crippen molar-refractivity contribution in [1.82, 2.24) is 5.32 Å². The number of rotatable bonds is 3. The molecular weight excluding hydrogens is 142 g/mol. The van der Waals surface area contributed by atoms with Gasteiger partial charge < -0.3 is 11.1 Å². The zero-order chi connectivity index (χ0) is 8.27. The van der Waals surface area contributed by atoms with Crippen LogP contribution in [0.1, 0.15) is 12.8 Å². The molecule has 1 aliphatic carbocycles. The molecule has 60 valence electrons. The van der Waals surface area contributed by atoms with Crippen molar-refractivity contribution >= 4 is 5.91 Å². The monoisotopic (exact) mass is 153 g/mol. The van der Waals surface area contributed by atoms with Crippen LogP contribution in [0.5, 0.6) is 0 Å². The Balaban J connectivity index is 2.06. The maximum Gasteiger partial charge on any atom is 0.231 e. The number of hydrogen-bond donors (Lipinski definition) is 2. The average Bonchev–Trinajstić information content (AvgIpc) is 1.84. The summed E-state index contributed by atoms with van der Waals surface area (Å²) in [5.41, 5.74) is 4.92. The van der Waals surface area contributed by atoms with Crippen LogP contribution < -0.4 is 11.1 Å². The van der Waals surface area contributed by atoms with Crippen LogP contribution in [0.4, 0.5) is 0 Å². The van der Waals surface area contributed by atoms with Crippen molar-refractivity contribution in [2.45, 2.75) is 18.9 Å². The fourth-order valence-corrected chi connectivity index (χ4v) is 1.13. The Kier molecular flexibility index (Phi) is 2.44. The quantitative estimate of drug-likeness (QED) is 0.566. The van der Waals surface area contributed by atoms with E-state index in [1.807, 2.05) is 0 Å². The van der Waals surface area contributed by atoms with Crippen LogP contribution in [0.2, 0.25) is 0 Å². The summed E-state index contributed by atoms with van der Waals surface area (Å²) in [7, 11) is 0. The van der Waals surface area contributed by atoms with Gasteiger partial charge in [-0.1, -0.05) is 0 Å². The zero-order valence-corrected chi connectivity index (χ0v) is 6.21. The van der Waals surface area contributed by atoms with Crippen LogP contribution in [0.25, 0.3) is 0 Å². The average molecular weight is 153 g/mol. The van der Waals surface area contributed by atoms with Crippen LogP contribution in [-0.4, -0.2) is 18.5 Å². The molecule has 0 aromatic rings. The van der Waals surface area contributed by atoms with Gasteiger partial charge in [-0.3, -0.25) is 4.79 Å². The second-order valence-corrected chi connectivity index (χ2v) is 2.84. The van der Waals surface area contributed by atoms with E-state index >= 15 is 0 Å². The Bertz CT molecular complexity index is 190. The highest BCUT2D eigenvalue weighted by atomic mass is 16.1. The third kappa shape index (κ3) is 2.20. The Labute approximate surface area is 65.4 Å². The molecule has 11 heavy (non-hydrogen) atoms. The summed E-state index contributed by atoms with van der Waals surface area (Å²) in [4.78, 5) is 10.3. The summed E-state index contributed by atoms with van der Waals surface area (Å²) in [6.45, 7) is 0.225. The van der Waals surface area contributed by atoms with Crippen molar-refractivity contribution in [3.8, 4) is 6.07 Å². The van der Waals surface area contributed by atoms with Crippen LogP contribution in [-0.2, 0) is 4.79 Å². The van der Waals surface area contributed by atoms with Gasteiger partial charge in [-0.25, -0.2) is 0 Å². The summed E-state index contributed by atoms with van der Waals surface area (Å²) in [5, 5.41) is 11.4. The highest BCUT2D eigenvalue weighted by Gasteiger charge is 2.28. The van der Waals surface area contributed by atoms with Gasteiger partial charge in [-0.2, -0.15) is 5.26 Å². The minimum Gasteiger partial charge on any atom is -0.369 e. The summed E-state index contributed by atoms with van der Waals surface area (Å²) in [6.07, 6.45) is 1.70. The molecule has 4 nitrogen and oxygen atoms in total. The summed E-state index contributed by atoms with van der Waals surface area (Å²) in [6, 6.07) is 2.49. The van der Waals surface area contributed by atoms with E-state index in [4.69, 9.17) is 11.0 Å². The van der Waals surface area contributed by atoms with Crippen molar-refractivity contribution in [3.63, 3.8) is 0 Å². The molecule has 0 aromatic heterocycles. The summed E-state index contributed by atoms with van der Waals surface area (Å²) in [5.74, 6) is -0.161. The lowest BCUT2D eigenvalue weighted by Crippen LogP contribution is -2.44. The zero-order valence-electron chi connectivity index (χ0n) is 6.21. The maximum absolute atomic E-state index is 10.3. The van der Waals surface area contributed by atoms with Crippen molar-refractivity contribution in [1.29, 1.82) is 5.26 Å². The minimum absolute atomic E-state index is 0.181. The fourth-order valence-electron chi connectivity index (χ4n) is 1.13. The number of hydrogen-bond acceptors (Lipinski definition) is 3. The third-order valence-corrected chi connectivity index (χ3v) is 1.89. The summed E-state index contributed by atoms with van der Waals surface area (Å²) >= 11 is 0. The van der Waals surface area contributed by atoms with Gasteiger partial charge in [0.1, 0.15) is 0 Å². The first kappa shape index (κ1) is 8.02. The van der Waals surface area contributed by atoms with Crippen molar-refractivity contribution in [3.05, 3.63) is 0 Å². The third-order valence-electron chi connectivity index (χ3n) is 1.89. The smallest absolute Gasteiger partial charge is 0.231 e. The molecule has 4 heteroatoms. The van der Waals surface area contributed by atoms with E-state index in [0.29, 0.717) is 6.04 Å². The standard InChI is InChI=1S/C7H11N3O/c8-3-5-1-6(2-5)10-4-7(9)11/h5-6,10H,1-2,4H2,(H2,9,11). The first-order chi connectivity index (χ1) is 5.22. The molecule has 1 saturated carbocycles. The maximum atomic E-state index is 10.3. The molecule has 0 saturated heterocycles. The van der Waals surface area contributed by atoms with Crippen LogP contribution in [0, 0.1) is 17.2 Å². The lowest BCUT2D eigenvalue weighted by molar-refractivity contribution is -0.117. The molecule has 0 bridgehead atoms. The van der Waals surface area contributed by atoms with Crippen LogP contribution >= 0.6 is 0 Å². The van der Waals surface area contributed by atoms with Gasteiger partial charge >= 0.3 is 0 Å². The Hall–Kier alpha value is -1.08. The van der Waals surface area contributed by atoms with E-state index in [2.05, 4.69) is 11.4 Å². The molecule has 1 amide bonds. The lowest BCUT2D eigenvalue weighted by atomic mass is 9.81. The molecule has 0 unspecified atom stereocenters. The van der Waals surface area contributed by atoms with Gasteiger partial charge in [0, 0.05) is 12.0 Å². The Morgan fingerprint density at radius 1 is 1.73 bits per heavy atom. The van der Waals surface area contributed by atoms with E-state index in [9.17, 15) is 4.79 Å². The number of nitrogens with two attached hydrogens (primary N) is 1. The van der Waals surface area contributed by atoms with E-state index in [1.54, 1.807) is 0 Å². The molecule has 0 spiro atoms. The first-order valence-electron chi connectivity index (χ1n) is 3.63. The predicted molar refractivity (Wildman–Crippen MR) is 39.3 cm³/mol. The number of carbonyl (C=O) groups is 1. The molecule has 1 aliphatic rings. The molecule has 0 aliphatic heterocycles. The van der Waals surface area contributed by atoms with E-state index < -0.39 is 0 Å². The van der Waals surface area contributed by atoms with Crippen LogP contribution in [0.3, 0.4) is 0 Å². The van der Waals surface area contributed by atoms with Crippen molar-refractivity contribution in [2.75, 3.05) is 6.54 Å². The van der Waals surface area contributed by atoms with Gasteiger partial charge in [0.15, 0.2) is 0 Å². The van der Waals surface area contributed by atoms with Gasteiger partial charge in [0.05, 0.1) is 12.6 Å². The topological polar surface area (TPSA) is 78.9 Å². The molecular formula is C7H11N3O. The SMILES string of the molecule is N#CC1CC(NCC(N)=O)C1. The highest BCUT2D eigenvalue weighted by molar-refractivity contribution is 5.75. The van der Waals surface area contributed by atoms with Gasteiger partial charge in [0.2, 0.25) is 5.91 Å². The molecule has 1 rings (SSSR count). The van der Waals surface area contributed by atoms with Crippen molar-refractivity contribution in [2.24, 2.45) is 11.7 Å². The first-order valence-corrected chi connectivity index (χ1v) is 3.63. The van der Waals surface area contributed by atoms with E-state index in [1.165, 1.54) is 0 Å². The normalized spacial score (nSPS) is 28.6. The molecule has 1 fully saturated rings. The molecule has 0 atom stereocenters. The van der Waals surface area contributed by atoms with Crippen molar-refractivity contribution < 1.29 is 4.79 Å². The largest absolute Gasteiger partial charge is 0.369 e. The second-order valence-electron chi connectivity index (χ2n) is 2.84. The molecule has 0 aromatic carbocycles. The molecule has 3 N–H and O–H groups in total. The van der Waals surface area contributed by atoms with E-state index in [-0.39, 0.29) is 18.4 Å². The number of primary amides is 1. The Morgan fingerprint density at radius 3 is 2.82 bits per heavy atom. The molecule has 0 radical (unpaired) electrons. The second kappa shape index (κ2) is 3.35. The highest BCUT2D eigenvalue weighted by Crippen LogP contribution is 2.25. The number of nitrogens with one attached hydrogen (secondary N) is 1. The van der Waals surface area contributed by atoms with Gasteiger partial charge in [0.25, 0.3) is 0 Å². The number of nitriles is 1. The van der Waals surface area contributed by atoms with Crippen LogP contribution in [0.15, 0.2) is 0 Å². The number of nitrogens with zero attached hydrogens (tertiary/aromatic N) is 1. The number of amides is 1. The molecule has 0 heterocycles. The fraction of sp³-hybridized carbons (Fsp3) is 0.714. The van der Waals surface area contributed by atoms with Gasteiger partial charge in [-0.15, -0.1) is 0 Å². The Morgan fingerprint density at radius 2 is 2.36 bits per heavy atom. The number of carbonyl (C=O) groups excluding carboxylic acids is 1. The van der Waals surface area contributed by atoms with Gasteiger partial charge in [-0.05, 0) is 12.8 Å². The minimum atomic E-state index is -0.342. The summed E-state index contributed by atoms with van der Waals surface area (Å²) < 4.78 is 0.